The highest BCUT2D eigenvalue weighted by Gasteiger charge is 2.12. The predicted molar refractivity (Wildman–Crippen MR) is 66.9 cm³/mol. The SMILES string of the molecule is CC.COc1c(C)cccc1-c1nnn(C)n1. The Balaban J connectivity index is 0.000000686. The van der Waals surface area contributed by atoms with Gasteiger partial charge in [-0.1, -0.05) is 26.0 Å². The van der Waals surface area contributed by atoms with Crippen molar-refractivity contribution in [1.29, 1.82) is 0 Å². The maximum Gasteiger partial charge on any atom is 0.208 e. The normalized spacial score (nSPS) is 9.47. The van der Waals surface area contributed by atoms with Crippen molar-refractivity contribution in [3.8, 4) is 17.1 Å². The standard InChI is InChI=1S/C10H12N4O.C2H6/c1-7-5-4-6-8(9(7)15-3)10-11-13-14(2)12-10;1-2/h4-6H,1-3H3;1-2H3. The van der Waals surface area contributed by atoms with Gasteiger partial charge in [-0.25, -0.2) is 0 Å². The quantitative estimate of drug-likeness (QED) is 0.799. The third-order valence-electron chi connectivity index (χ3n) is 2.17. The lowest BCUT2D eigenvalue weighted by atomic mass is 10.1. The summed E-state index contributed by atoms with van der Waals surface area (Å²) in [7, 11) is 3.38. The first-order chi connectivity index (χ1) is 8.22. The van der Waals surface area contributed by atoms with Crippen LogP contribution in [-0.2, 0) is 7.05 Å². The van der Waals surface area contributed by atoms with Crippen LogP contribution in [0.2, 0.25) is 0 Å². The fourth-order valence-electron chi connectivity index (χ4n) is 1.49. The fraction of sp³-hybridized carbons (Fsp3) is 0.417. The molecule has 0 aliphatic carbocycles. The third kappa shape index (κ3) is 2.81. The molecule has 0 aliphatic heterocycles. The van der Waals surface area contributed by atoms with E-state index in [0.717, 1.165) is 16.9 Å². The van der Waals surface area contributed by atoms with Crippen LogP contribution >= 0.6 is 0 Å². The van der Waals surface area contributed by atoms with Crippen LogP contribution in [0.15, 0.2) is 18.2 Å². The third-order valence-corrected chi connectivity index (χ3v) is 2.17. The molecule has 0 saturated heterocycles. The molecule has 0 fully saturated rings. The van der Waals surface area contributed by atoms with E-state index in [0.29, 0.717) is 5.82 Å². The maximum atomic E-state index is 5.32. The Bertz CT molecular complexity index is 479. The first kappa shape index (κ1) is 13.2. The van der Waals surface area contributed by atoms with E-state index in [4.69, 9.17) is 4.74 Å². The highest BCUT2D eigenvalue weighted by molar-refractivity contribution is 5.65. The van der Waals surface area contributed by atoms with Crippen molar-refractivity contribution in [2.75, 3.05) is 7.11 Å². The van der Waals surface area contributed by atoms with Gasteiger partial charge in [-0.3, -0.25) is 0 Å². The zero-order chi connectivity index (χ0) is 12.8. The Labute approximate surface area is 101 Å². The van der Waals surface area contributed by atoms with Crippen molar-refractivity contribution in [3.63, 3.8) is 0 Å². The van der Waals surface area contributed by atoms with E-state index in [1.54, 1.807) is 14.2 Å². The van der Waals surface area contributed by atoms with Crippen molar-refractivity contribution in [3.05, 3.63) is 23.8 Å². The van der Waals surface area contributed by atoms with Crippen molar-refractivity contribution >= 4 is 0 Å². The maximum absolute atomic E-state index is 5.32. The van der Waals surface area contributed by atoms with Crippen LogP contribution in [0.1, 0.15) is 19.4 Å². The molecule has 1 aromatic carbocycles. The first-order valence-electron chi connectivity index (χ1n) is 5.60. The van der Waals surface area contributed by atoms with Gasteiger partial charge in [0.25, 0.3) is 0 Å². The summed E-state index contributed by atoms with van der Waals surface area (Å²) >= 11 is 0. The van der Waals surface area contributed by atoms with E-state index < -0.39 is 0 Å². The van der Waals surface area contributed by atoms with Crippen LogP contribution in [0, 0.1) is 6.92 Å². The zero-order valence-corrected chi connectivity index (χ0v) is 10.9. The topological polar surface area (TPSA) is 52.8 Å². The second-order valence-corrected chi connectivity index (χ2v) is 3.26. The van der Waals surface area contributed by atoms with Gasteiger partial charge in [0, 0.05) is 0 Å². The Morgan fingerprint density at radius 2 is 1.94 bits per heavy atom. The minimum absolute atomic E-state index is 0.582. The molecule has 1 aromatic heterocycles. The second kappa shape index (κ2) is 5.98. The number of methoxy groups -OCH3 is 1. The molecule has 5 nitrogen and oxygen atoms in total. The molecule has 5 heteroatoms. The number of benzene rings is 1. The number of nitrogens with zero attached hydrogens (tertiary/aromatic N) is 4. The number of para-hydroxylation sites is 1. The lowest BCUT2D eigenvalue weighted by Gasteiger charge is -2.07. The van der Waals surface area contributed by atoms with Crippen LogP contribution in [0.4, 0.5) is 0 Å². The monoisotopic (exact) mass is 234 g/mol. The highest BCUT2D eigenvalue weighted by atomic mass is 16.5. The van der Waals surface area contributed by atoms with Crippen LogP contribution in [0.3, 0.4) is 0 Å². The largest absolute Gasteiger partial charge is 0.496 e. The van der Waals surface area contributed by atoms with Gasteiger partial charge < -0.3 is 4.74 Å². The van der Waals surface area contributed by atoms with E-state index in [9.17, 15) is 0 Å². The lowest BCUT2D eigenvalue weighted by molar-refractivity contribution is 0.413. The molecule has 0 atom stereocenters. The molecule has 17 heavy (non-hydrogen) atoms. The summed E-state index contributed by atoms with van der Waals surface area (Å²) in [6.07, 6.45) is 0. The molecule has 0 amide bonds. The summed E-state index contributed by atoms with van der Waals surface area (Å²) in [4.78, 5) is 1.43. The van der Waals surface area contributed by atoms with Crippen molar-refractivity contribution in [2.24, 2.45) is 7.05 Å². The Morgan fingerprint density at radius 1 is 1.24 bits per heavy atom. The zero-order valence-electron chi connectivity index (χ0n) is 10.9. The van der Waals surface area contributed by atoms with E-state index in [1.165, 1.54) is 4.80 Å². The summed E-state index contributed by atoms with van der Waals surface area (Å²) in [6.45, 7) is 5.98. The number of tetrazole rings is 1. The molecule has 2 aromatic rings. The van der Waals surface area contributed by atoms with Gasteiger partial charge in [0.05, 0.1) is 19.7 Å². The van der Waals surface area contributed by atoms with Crippen LogP contribution in [0.25, 0.3) is 11.4 Å². The summed E-state index contributed by atoms with van der Waals surface area (Å²) in [5, 5.41) is 11.9. The second-order valence-electron chi connectivity index (χ2n) is 3.26. The fourth-order valence-corrected chi connectivity index (χ4v) is 1.49. The van der Waals surface area contributed by atoms with E-state index >= 15 is 0 Å². The minimum Gasteiger partial charge on any atom is -0.496 e. The number of hydrogen-bond acceptors (Lipinski definition) is 4. The van der Waals surface area contributed by atoms with Gasteiger partial charge >= 0.3 is 0 Å². The Hall–Kier alpha value is -1.91. The molecule has 92 valence electrons. The summed E-state index contributed by atoms with van der Waals surface area (Å²) in [5.41, 5.74) is 1.92. The molecular weight excluding hydrogens is 216 g/mol. The van der Waals surface area contributed by atoms with E-state index in [-0.39, 0.29) is 0 Å². The smallest absolute Gasteiger partial charge is 0.208 e. The van der Waals surface area contributed by atoms with Crippen molar-refractivity contribution < 1.29 is 4.74 Å². The average Bonchev–Trinajstić information content (AvgIpc) is 2.78. The lowest BCUT2D eigenvalue weighted by Crippen LogP contribution is -1.94. The Kier molecular flexibility index (Phi) is 4.63. The van der Waals surface area contributed by atoms with Gasteiger partial charge in [0.15, 0.2) is 0 Å². The van der Waals surface area contributed by atoms with Gasteiger partial charge in [0.2, 0.25) is 5.82 Å². The molecule has 0 N–H and O–H groups in total. The van der Waals surface area contributed by atoms with Gasteiger partial charge in [-0.2, -0.15) is 4.80 Å². The molecule has 0 unspecified atom stereocenters. The number of ether oxygens (including phenoxy) is 1. The number of rotatable bonds is 2. The average molecular weight is 234 g/mol. The number of hydrogen-bond donors (Lipinski definition) is 0. The number of aryl methyl sites for hydroxylation is 2. The summed E-state index contributed by atoms with van der Waals surface area (Å²) < 4.78 is 5.32. The van der Waals surface area contributed by atoms with Crippen LogP contribution < -0.4 is 4.74 Å². The van der Waals surface area contributed by atoms with Gasteiger partial charge in [0.1, 0.15) is 5.75 Å². The van der Waals surface area contributed by atoms with E-state index in [1.807, 2.05) is 39.0 Å². The highest BCUT2D eigenvalue weighted by Crippen LogP contribution is 2.29. The minimum atomic E-state index is 0.582. The van der Waals surface area contributed by atoms with E-state index in [2.05, 4.69) is 15.4 Å². The molecule has 1 heterocycles. The van der Waals surface area contributed by atoms with Crippen LogP contribution in [0.5, 0.6) is 5.75 Å². The molecule has 2 rings (SSSR count). The molecule has 0 spiro atoms. The van der Waals surface area contributed by atoms with Gasteiger partial charge in [-0.15, -0.1) is 10.2 Å². The van der Waals surface area contributed by atoms with Gasteiger partial charge in [-0.05, 0) is 23.8 Å². The molecule has 0 saturated carbocycles. The van der Waals surface area contributed by atoms with Crippen LogP contribution in [-0.4, -0.2) is 27.3 Å². The molecule has 0 radical (unpaired) electrons. The predicted octanol–water partition coefficient (Wildman–Crippen LogP) is 2.22. The molecule has 0 aliphatic rings. The first-order valence-corrected chi connectivity index (χ1v) is 5.60. The molecular formula is C12H18N4O. The summed E-state index contributed by atoms with van der Waals surface area (Å²) in [5.74, 6) is 1.38. The number of aromatic nitrogens is 4. The summed E-state index contributed by atoms with van der Waals surface area (Å²) in [6, 6.07) is 5.85. The van der Waals surface area contributed by atoms with Crippen molar-refractivity contribution in [1.82, 2.24) is 20.2 Å². The molecule has 0 bridgehead atoms. The Morgan fingerprint density at radius 3 is 2.47 bits per heavy atom. The van der Waals surface area contributed by atoms with Crippen molar-refractivity contribution in [2.45, 2.75) is 20.8 Å².